The number of nitrogens with two attached hydrogens (primary N) is 1. The third kappa shape index (κ3) is 4.53. The van der Waals surface area contributed by atoms with Crippen LogP contribution in [0.5, 0.6) is 5.75 Å². The van der Waals surface area contributed by atoms with E-state index in [1.54, 1.807) is 24.3 Å². The summed E-state index contributed by atoms with van der Waals surface area (Å²) in [5.74, 6) is 0.492. The summed E-state index contributed by atoms with van der Waals surface area (Å²) in [6.07, 6.45) is 0.952. The van der Waals surface area contributed by atoms with Crippen molar-refractivity contribution in [2.45, 2.75) is 19.9 Å². The van der Waals surface area contributed by atoms with Crippen LogP contribution >= 0.6 is 0 Å². The topological polar surface area (TPSA) is 64.3 Å². The van der Waals surface area contributed by atoms with Gasteiger partial charge in [-0.1, -0.05) is 31.2 Å². The Morgan fingerprint density at radius 2 is 1.76 bits per heavy atom. The number of hydrogen-bond acceptors (Lipinski definition) is 3. The number of rotatable bonds is 6. The van der Waals surface area contributed by atoms with Crippen molar-refractivity contribution in [3.05, 3.63) is 59.7 Å². The van der Waals surface area contributed by atoms with E-state index in [9.17, 15) is 4.79 Å². The lowest BCUT2D eigenvalue weighted by Gasteiger charge is -2.10. The van der Waals surface area contributed by atoms with Crippen LogP contribution in [0.15, 0.2) is 48.5 Å². The molecule has 0 aromatic heterocycles. The fourth-order valence-electron chi connectivity index (χ4n) is 2.03. The van der Waals surface area contributed by atoms with Gasteiger partial charge in [-0.05, 0) is 41.8 Å². The molecule has 0 bridgehead atoms. The number of anilines is 1. The highest BCUT2D eigenvalue weighted by molar-refractivity contribution is 5.77. The van der Waals surface area contributed by atoms with Gasteiger partial charge in [-0.2, -0.15) is 0 Å². The Morgan fingerprint density at radius 1 is 1.10 bits per heavy atom. The van der Waals surface area contributed by atoms with Crippen LogP contribution in [0, 0.1) is 0 Å². The highest BCUT2D eigenvalue weighted by atomic mass is 16.5. The normalized spacial score (nSPS) is 10.1. The smallest absolute Gasteiger partial charge is 0.258 e. The van der Waals surface area contributed by atoms with Gasteiger partial charge in [0.05, 0.1) is 0 Å². The molecule has 0 unspecified atom stereocenters. The van der Waals surface area contributed by atoms with Crippen LogP contribution in [-0.2, 0) is 17.8 Å². The minimum atomic E-state index is -0.141. The lowest BCUT2D eigenvalue weighted by Crippen LogP contribution is -2.28. The number of carbonyl (C=O) groups is 1. The van der Waals surface area contributed by atoms with Gasteiger partial charge in [0.25, 0.3) is 5.91 Å². The first-order valence-corrected chi connectivity index (χ1v) is 7.01. The highest BCUT2D eigenvalue weighted by Crippen LogP contribution is 2.13. The van der Waals surface area contributed by atoms with Crippen LogP contribution in [0.25, 0.3) is 0 Å². The molecule has 4 nitrogen and oxygen atoms in total. The molecule has 0 spiro atoms. The van der Waals surface area contributed by atoms with Crippen molar-refractivity contribution >= 4 is 11.6 Å². The maximum absolute atomic E-state index is 11.8. The summed E-state index contributed by atoms with van der Waals surface area (Å²) in [5.41, 5.74) is 8.64. The van der Waals surface area contributed by atoms with Crippen molar-refractivity contribution in [3.8, 4) is 5.75 Å². The molecule has 4 heteroatoms. The third-order valence-electron chi connectivity index (χ3n) is 3.23. The Balaban J connectivity index is 1.81. The molecule has 0 fully saturated rings. The Hall–Kier alpha value is -2.49. The minimum absolute atomic E-state index is 0.00178. The zero-order valence-electron chi connectivity index (χ0n) is 12.1. The van der Waals surface area contributed by atoms with E-state index in [-0.39, 0.29) is 12.5 Å². The Kier molecular flexibility index (Phi) is 5.21. The summed E-state index contributed by atoms with van der Waals surface area (Å²) >= 11 is 0. The molecule has 0 saturated carbocycles. The fraction of sp³-hybridized carbons (Fsp3) is 0.235. The van der Waals surface area contributed by atoms with Gasteiger partial charge in [-0.3, -0.25) is 4.79 Å². The molecule has 0 radical (unpaired) electrons. The van der Waals surface area contributed by atoms with Gasteiger partial charge in [0.15, 0.2) is 6.61 Å². The first-order chi connectivity index (χ1) is 10.2. The molecule has 21 heavy (non-hydrogen) atoms. The number of ether oxygens (including phenoxy) is 1. The molecular weight excluding hydrogens is 264 g/mol. The van der Waals surface area contributed by atoms with E-state index in [4.69, 9.17) is 10.5 Å². The minimum Gasteiger partial charge on any atom is -0.484 e. The number of aryl methyl sites for hydroxylation is 1. The van der Waals surface area contributed by atoms with Crippen molar-refractivity contribution < 1.29 is 9.53 Å². The van der Waals surface area contributed by atoms with E-state index < -0.39 is 0 Å². The summed E-state index contributed by atoms with van der Waals surface area (Å²) in [6.45, 7) is 2.62. The molecule has 1 amide bonds. The Labute approximate surface area is 124 Å². The van der Waals surface area contributed by atoms with Crippen LogP contribution in [-0.4, -0.2) is 12.5 Å². The molecule has 2 aromatic carbocycles. The van der Waals surface area contributed by atoms with Gasteiger partial charge in [0.2, 0.25) is 0 Å². The number of amides is 1. The molecule has 2 rings (SSSR count). The van der Waals surface area contributed by atoms with Gasteiger partial charge in [-0.25, -0.2) is 0 Å². The van der Waals surface area contributed by atoms with Crippen LogP contribution in [0.2, 0.25) is 0 Å². The largest absolute Gasteiger partial charge is 0.484 e. The molecule has 0 saturated heterocycles. The van der Waals surface area contributed by atoms with Crippen LogP contribution in [0.4, 0.5) is 5.69 Å². The first kappa shape index (κ1) is 14.9. The maximum atomic E-state index is 11.8. The molecule has 0 aliphatic carbocycles. The third-order valence-corrected chi connectivity index (χ3v) is 3.23. The molecule has 2 aromatic rings. The van der Waals surface area contributed by atoms with Gasteiger partial charge < -0.3 is 15.8 Å². The molecule has 0 atom stereocenters. The number of benzene rings is 2. The van der Waals surface area contributed by atoms with Crippen molar-refractivity contribution in [3.63, 3.8) is 0 Å². The van der Waals surface area contributed by atoms with Crippen LogP contribution < -0.4 is 15.8 Å². The molecular formula is C17H20N2O2. The van der Waals surface area contributed by atoms with Crippen LogP contribution in [0.3, 0.4) is 0 Å². The maximum Gasteiger partial charge on any atom is 0.258 e. The average Bonchev–Trinajstić information content (AvgIpc) is 2.52. The predicted octanol–water partition coefficient (Wildman–Crippen LogP) is 2.53. The second-order valence-corrected chi connectivity index (χ2v) is 4.76. The van der Waals surface area contributed by atoms with E-state index in [1.807, 2.05) is 18.2 Å². The number of nitrogens with one attached hydrogen (secondary N) is 1. The summed E-state index contributed by atoms with van der Waals surface area (Å²) in [4.78, 5) is 11.8. The standard InChI is InChI=1S/C17H20N2O2/c1-2-13-5-3-4-6-14(13)11-19-17(20)12-21-16-9-7-15(18)8-10-16/h3-10H,2,11-12,18H2,1H3,(H,19,20). The van der Waals surface area contributed by atoms with Crippen molar-refractivity contribution in [2.24, 2.45) is 0 Å². The van der Waals surface area contributed by atoms with Gasteiger partial charge in [-0.15, -0.1) is 0 Å². The molecule has 0 aliphatic heterocycles. The quantitative estimate of drug-likeness (QED) is 0.801. The van der Waals surface area contributed by atoms with E-state index >= 15 is 0 Å². The zero-order valence-corrected chi connectivity index (χ0v) is 12.1. The lowest BCUT2D eigenvalue weighted by atomic mass is 10.1. The molecule has 110 valence electrons. The second-order valence-electron chi connectivity index (χ2n) is 4.76. The zero-order chi connectivity index (χ0) is 15.1. The predicted molar refractivity (Wildman–Crippen MR) is 84.0 cm³/mol. The molecule has 3 N–H and O–H groups in total. The summed E-state index contributed by atoms with van der Waals surface area (Å²) in [6, 6.07) is 15.1. The molecule has 0 heterocycles. The van der Waals surface area contributed by atoms with E-state index in [0.29, 0.717) is 18.0 Å². The average molecular weight is 284 g/mol. The summed E-state index contributed by atoms with van der Waals surface area (Å²) in [5, 5.41) is 2.87. The second kappa shape index (κ2) is 7.33. The first-order valence-electron chi connectivity index (χ1n) is 7.01. The SMILES string of the molecule is CCc1ccccc1CNC(=O)COc1ccc(N)cc1. The summed E-state index contributed by atoms with van der Waals surface area (Å²) < 4.78 is 5.40. The Bertz CT molecular complexity index is 594. The van der Waals surface area contributed by atoms with Gasteiger partial charge in [0.1, 0.15) is 5.75 Å². The number of hydrogen-bond donors (Lipinski definition) is 2. The lowest BCUT2D eigenvalue weighted by molar-refractivity contribution is -0.123. The van der Waals surface area contributed by atoms with Crippen molar-refractivity contribution in [1.82, 2.24) is 5.32 Å². The fourth-order valence-corrected chi connectivity index (χ4v) is 2.03. The van der Waals surface area contributed by atoms with Crippen LogP contribution in [0.1, 0.15) is 18.1 Å². The Morgan fingerprint density at radius 3 is 2.43 bits per heavy atom. The summed E-state index contributed by atoms with van der Waals surface area (Å²) in [7, 11) is 0. The van der Waals surface area contributed by atoms with Crippen molar-refractivity contribution in [2.75, 3.05) is 12.3 Å². The number of nitrogen functional groups attached to an aromatic ring is 1. The van der Waals surface area contributed by atoms with Gasteiger partial charge >= 0.3 is 0 Å². The highest BCUT2D eigenvalue weighted by Gasteiger charge is 2.05. The molecule has 0 aliphatic rings. The van der Waals surface area contributed by atoms with E-state index in [0.717, 1.165) is 12.0 Å². The monoisotopic (exact) mass is 284 g/mol. The van der Waals surface area contributed by atoms with Gasteiger partial charge in [0, 0.05) is 12.2 Å². The van der Waals surface area contributed by atoms with E-state index in [2.05, 4.69) is 18.3 Å². The van der Waals surface area contributed by atoms with E-state index in [1.165, 1.54) is 5.56 Å². The number of carbonyl (C=O) groups excluding carboxylic acids is 1. The van der Waals surface area contributed by atoms with Crippen molar-refractivity contribution in [1.29, 1.82) is 0 Å².